The number of para-hydroxylation sites is 1. The lowest BCUT2D eigenvalue weighted by molar-refractivity contribution is 0.780. The zero-order valence-electron chi connectivity index (χ0n) is 38.0. The fourth-order valence-electron chi connectivity index (χ4n) is 13.7. The molecule has 1 atom stereocenters. The van der Waals surface area contributed by atoms with E-state index in [1.54, 1.807) is 0 Å². The molecule has 322 valence electrons. The van der Waals surface area contributed by atoms with Gasteiger partial charge in [0.25, 0.3) is 0 Å². The van der Waals surface area contributed by atoms with Gasteiger partial charge in [-0.1, -0.05) is 212 Å². The van der Waals surface area contributed by atoms with Gasteiger partial charge in [0.05, 0.1) is 10.8 Å². The molecule has 10 aromatic rings. The third kappa shape index (κ3) is 5.04. The third-order valence-electron chi connectivity index (χ3n) is 16.2. The Balaban J connectivity index is 0.833. The highest BCUT2D eigenvalue weighted by Gasteiger charge is 2.54. The summed E-state index contributed by atoms with van der Waals surface area (Å²) in [4.78, 5) is 2.39. The molecule has 1 unspecified atom stereocenters. The monoisotopic (exact) mass is 875 g/mol. The fourth-order valence-corrected chi connectivity index (χ4v) is 13.7. The van der Waals surface area contributed by atoms with E-state index in [1.807, 2.05) is 0 Å². The summed E-state index contributed by atoms with van der Waals surface area (Å²) in [6.07, 6.45) is 6.99. The normalized spacial score (nSPS) is 16.6. The lowest BCUT2D eigenvalue weighted by atomic mass is 9.69. The first-order valence-corrected chi connectivity index (χ1v) is 24.5. The van der Waals surface area contributed by atoms with Gasteiger partial charge in [-0.25, -0.2) is 0 Å². The minimum atomic E-state index is -0.369. The number of rotatable bonds is 5. The lowest BCUT2D eigenvalue weighted by Crippen LogP contribution is -2.27. The van der Waals surface area contributed by atoms with Gasteiger partial charge in [-0.15, -0.1) is 0 Å². The summed E-state index contributed by atoms with van der Waals surface area (Å²) in [5.41, 5.74) is 29.6. The van der Waals surface area contributed by atoms with Crippen molar-refractivity contribution in [3.63, 3.8) is 0 Å². The second kappa shape index (κ2) is 14.5. The number of nitrogens with zero attached hydrogens (tertiary/aromatic N) is 1. The van der Waals surface area contributed by atoms with E-state index in [9.17, 15) is 0 Å². The van der Waals surface area contributed by atoms with Gasteiger partial charge in [0.2, 0.25) is 0 Å². The van der Waals surface area contributed by atoms with E-state index >= 15 is 0 Å². The standard InChI is InChI=1S/C68H45N/c1-2-18-46(19-3-1)69(47-40-36-44(37-41-47)49-26-16-34-63-65(49)55-24-8-14-32-61(55)67(63)57-28-10-4-20-51(57)52-21-5-11-29-58(52)67)48-42-38-45(39-43-48)50-27-17-35-64-66(50)56-25-9-15-33-62(56)68(64)59-30-12-6-22-53(59)54-23-7-13-31-60(54)68/h1-6,8-22,24-43H,7,23H2. The number of allylic oxidation sites excluding steroid dienone is 4. The highest BCUT2D eigenvalue weighted by Crippen LogP contribution is 2.66. The van der Waals surface area contributed by atoms with E-state index in [4.69, 9.17) is 0 Å². The summed E-state index contributed by atoms with van der Waals surface area (Å²) in [6.45, 7) is 0. The van der Waals surface area contributed by atoms with Crippen LogP contribution in [-0.4, -0.2) is 0 Å². The maximum Gasteiger partial charge on any atom is 0.0725 e. The van der Waals surface area contributed by atoms with Gasteiger partial charge >= 0.3 is 0 Å². The molecule has 0 saturated carbocycles. The van der Waals surface area contributed by atoms with Gasteiger partial charge in [0.1, 0.15) is 0 Å². The van der Waals surface area contributed by atoms with Gasteiger partial charge in [-0.3, -0.25) is 0 Å². The molecule has 0 saturated heterocycles. The SMILES string of the molecule is C1=CC2=C(CC1)c1ccccc1C21c2ccccc2-c2c(-c3ccc(N(c4ccccc4)c4ccc(-c5cccc6c5-c5ccccc5C65c6ccccc6-c6ccccc65)cc4)cc3)cccc21. The molecule has 5 aliphatic carbocycles. The van der Waals surface area contributed by atoms with Crippen LogP contribution in [0.5, 0.6) is 0 Å². The molecule has 2 spiro atoms. The Kier molecular flexibility index (Phi) is 8.10. The molecule has 5 aliphatic rings. The van der Waals surface area contributed by atoms with Crippen molar-refractivity contribution >= 4 is 22.6 Å². The zero-order valence-corrected chi connectivity index (χ0v) is 38.0. The molecule has 0 bridgehead atoms. The van der Waals surface area contributed by atoms with Crippen molar-refractivity contribution in [1.29, 1.82) is 0 Å². The molecule has 0 amide bonds. The van der Waals surface area contributed by atoms with Crippen LogP contribution >= 0.6 is 0 Å². The number of benzene rings is 10. The number of hydrogen-bond donors (Lipinski definition) is 0. The molecule has 0 aliphatic heterocycles. The molecule has 0 aromatic heterocycles. The molecule has 1 heteroatoms. The van der Waals surface area contributed by atoms with Gasteiger partial charge in [-0.05, 0) is 161 Å². The number of anilines is 3. The summed E-state index contributed by atoms with van der Waals surface area (Å²) in [6, 6.07) is 88.8. The average molecular weight is 876 g/mol. The molecule has 0 heterocycles. The van der Waals surface area contributed by atoms with Gasteiger partial charge in [0, 0.05) is 17.1 Å². The van der Waals surface area contributed by atoms with E-state index < -0.39 is 0 Å². The molecule has 0 N–H and O–H groups in total. The molecule has 15 rings (SSSR count). The van der Waals surface area contributed by atoms with Crippen molar-refractivity contribution in [1.82, 2.24) is 0 Å². The maximum absolute atomic E-state index is 2.44. The smallest absolute Gasteiger partial charge is 0.0725 e. The Morgan fingerprint density at radius 3 is 1.20 bits per heavy atom. The Labute approximate surface area is 403 Å². The maximum atomic E-state index is 2.44. The molecule has 10 aromatic carbocycles. The van der Waals surface area contributed by atoms with Crippen molar-refractivity contribution < 1.29 is 0 Å². The highest BCUT2D eigenvalue weighted by atomic mass is 15.1. The van der Waals surface area contributed by atoms with E-state index in [0.29, 0.717) is 0 Å². The van der Waals surface area contributed by atoms with Crippen LogP contribution in [0.4, 0.5) is 17.1 Å². The zero-order chi connectivity index (χ0) is 45.3. The van der Waals surface area contributed by atoms with E-state index in [2.05, 4.69) is 254 Å². The van der Waals surface area contributed by atoms with Crippen LogP contribution in [0, 0.1) is 0 Å². The van der Waals surface area contributed by atoms with Crippen LogP contribution in [0.1, 0.15) is 57.3 Å². The Bertz CT molecular complexity index is 3790. The summed E-state index contributed by atoms with van der Waals surface area (Å²) >= 11 is 0. The van der Waals surface area contributed by atoms with Crippen molar-refractivity contribution in [2.45, 2.75) is 23.7 Å². The van der Waals surface area contributed by atoms with Crippen molar-refractivity contribution in [3.8, 4) is 55.6 Å². The quantitative estimate of drug-likeness (QED) is 0.167. The number of fused-ring (bicyclic) bond motifs is 19. The number of hydrogen-bond acceptors (Lipinski definition) is 1. The van der Waals surface area contributed by atoms with Crippen LogP contribution in [-0.2, 0) is 10.8 Å². The van der Waals surface area contributed by atoms with Crippen LogP contribution in [0.2, 0.25) is 0 Å². The second-order valence-corrected chi connectivity index (χ2v) is 19.3. The molecule has 0 fully saturated rings. The Hall–Kier alpha value is -8.52. The predicted molar refractivity (Wildman–Crippen MR) is 285 cm³/mol. The molecule has 0 radical (unpaired) electrons. The third-order valence-corrected chi connectivity index (χ3v) is 16.2. The van der Waals surface area contributed by atoms with Crippen LogP contribution in [0.25, 0.3) is 61.2 Å². The molecule has 1 nitrogen and oxygen atoms in total. The van der Waals surface area contributed by atoms with Crippen molar-refractivity contribution in [2.75, 3.05) is 4.90 Å². The first-order chi connectivity index (χ1) is 34.3. The van der Waals surface area contributed by atoms with E-state index in [-0.39, 0.29) is 10.8 Å². The van der Waals surface area contributed by atoms with Crippen molar-refractivity contribution in [2.24, 2.45) is 0 Å². The minimum Gasteiger partial charge on any atom is -0.311 e. The summed E-state index contributed by atoms with van der Waals surface area (Å²) in [5, 5.41) is 0. The molecular formula is C68H45N. The Morgan fingerprint density at radius 2 is 0.667 bits per heavy atom. The van der Waals surface area contributed by atoms with Gasteiger partial charge < -0.3 is 4.90 Å². The first kappa shape index (κ1) is 38.6. The van der Waals surface area contributed by atoms with Gasteiger partial charge in [-0.2, -0.15) is 0 Å². The van der Waals surface area contributed by atoms with E-state index in [0.717, 1.165) is 29.9 Å². The summed E-state index contributed by atoms with van der Waals surface area (Å²) in [7, 11) is 0. The first-order valence-electron chi connectivity index (χ1n) is 24.5. The molecular weight excluding hydrogens is 831 g/mol. The minimum absolute atomic E-state index is 0.320. The second-order valence-electron chi connectivity index (χ2n) is 19.3. The highest BCUT2D eigenvalue weighted by molar-refractivity contribution is 6.02. The van der Waals surface area contributed by atoms with Crippen LogP contribution < -0.4 is 4.90 Å². The summed E-state index contributed by atoms with van der Waals surface area (Å²) < 4.78 is 0. The van der Waals surface area contributed by atoms with E-state index in [1.165, 1.54) is 111 Å². The predicted octanol–water partition coefficient (Wildman–Crippen LogP) is 17.3. The topological polar surface area (TPSA) is 3.24 Å². The summed E-state index contributed by atoms with van der Waals surface area (Å²) in [5.74, 6) is 0. The van der Waals surface area contributed by atoms with Crippen molar-refractivity contribution in [3.05, 3.63) is 299 Å². The largest absolute Gasteiger partial charge is 0.311 e. The average Bonchev–Trinajstić information content (AvgIpc) is 4.11. The fraction of sp³-hybridized carbons (Fsp3) is 0.0588. The van der Waals surface area contributed by atoms with Crippen LogP contribution in [0.15, 0.2) is 254 Å². The Morgan fingerprint density at radius 1 is 0.290 bits per heavy atom. The van der Waals surface area contributed by atoms with Gasteiger partial charge in [0.15, 0.2) is 0 Å². The lowest BCUT2D eigenvalue weighted by Gasteiger charge is -2.32. The van der Waals surface area contributed by atoms with Crippen LogP contribution in [0.3, 0.4) is 0 Å². The molecule has 69 heavy (non-hydrogen) atoms.